The van der Waals surface area contributed by atoms with Crippen molar-refractivity contribution in [3.05, 3.63) is 77.5 Å². The molecule has 0 fully saturated rings. The van der Waals surface area contributed by atoms with Gasteiger partial charge in [0.1, 0.15) is 17.3 Å². The Morgan fingerprint density at radius 2 is 1.84 bits per heavy atom. The van der Waals surface area contributed by atoms with Crippen LogP contribution < -0.4 is 5.32 Å². The third kappa shape index (κ3) is 4.37. The van der Waals surface area contributed by atoms with Gasteiger partial charge in [0.05, 0.1) is 0 Å². The van der Waals surface area contributed by atoms with Gasteiger partial charge in [-0.3, -0.25) is 0 Å². The van der Waals surface area contributed by atoms with E-state index in [9.17, 15) is 13.2 Å². The minimum Gasteiger partial charge on any atom is -0.366 e. The highest BCUT2D eigenvalue weighted by Gasteiger charge is 2.32. The van der Waals surface area contributed by atoms with Crippen molar-refractivity contribution in [1.82, 2.24) is 14.5 Å². The van der Waals surface area contributed by atoms with Crippen LogP contribution in [0.2, 0.25) is 0 Å². The first-order chi connectivity index (χ1) is 11.9. The number of benzene rings is 1. The lowest BCUT2D eigenvalue weighted by atomic mass is 10.1. The van der Waals surface area contributed by atoms with Crippen LogP contribution >= 0.6 is 0 Å². The molecular weight excluding hydrogens is 329 g/mol. The number of pyridine rings is 1. The van der Waals surface area contributed by atoms with E-state index in [2.05, 4.69) is 15.3 Å². The summed E-state index contributed by atoms with van der Waals surface area (Å²) in [5, 5.41) is 2.94. The largest absolute Gasteiger partial charge is 0.433 e. The van der Waals surface area contributed by atoms with Gasteiger partial charge in [0.25, 0.3) is 0 Å². The second kappa shape index (κ2) is 6.96. The fourth-order valence-electron chi connectivity index (χ4n) is 2.49. The first kappa shape index (κ1) is 17.0. The van der Waals surface area contributed by atoms with E-state index >= 15 is 0 Å². The van der Waals surface area contributed by atoms with E-state index in [4.69, 9.17) is 0 Å². The van der Waals surface area contributed by atoms with Crippen molar-refractivity contribution < 1.29 is 13.2 Å². The number of nitrogens with one attached hydrogen (secondary N) is 1. The summed E-state index contributed by atoms with van der Waals surface area (Å²) in [7, 11) is 0. The number of aryl methyl sites for hydroxylation is 1. The number of anilines is 1. The lowest BCUT2D eigenvalue weighted by Gasteiger charge is -2.11. The standard InChI is InChI=1S/C18H17F3N4/c1-13-22-8-9-25(13)12-15-5-2-4-14(10-15)11-23-17-7-3-6-16(24-17)18(19,20)21/h2-10H,11-12H2,1H3,(H,23,24). The molecule has 0 bridgehead atoms. The monoisotopic (exact) mass is 346 g/mol. The van der Waals surface area contributed by atoms with Crippen molar-refractivity contribution in [3.63, 3.8) is 0 Å². The van der Waals surface area contributed by atoms with E-state index in [0.29, 0.717) is 13.1 Å². The molecule has 4 nitrogen and oxygen atoms in total. The van der Waals surface area contributed by atoms with E-state index in [1.54, 1.807) is 6.20 Å². The molecule has 0 amide bonds. The van der Waals surface area contributed by atoms with Gasteiger partial charge in [-0.1, -0.05) is 30.3 Å². The number of nitrogens with zero attached hydrogens (tertiary/aromatic N) is 3. The molecule has 2 aromatic heterocycles. The molecule has 7 heteroatoms. The predicted molar refractivity (Wildman–Crippen MR) is 89.1 cm³/mol. The molecular formula is C18H17F3N4. The van der Waals surface area contributed by atoms with Gasteiger partial charge < -0.3 is 9.88 Å². The van der Waals surface area contributed by atoms with E-state index < -0.39 is 11.9 Å². The molecule has 25 heavy (non-hydrogen) atoms. The summed E-state index contributed by atoms with van der Waals surface area (Å²) in [5.41, 5.74) is 1.16. The molecule has 1 N–H and O–H groups in total. The number of halogens is 3. The van der Waals surface area contributed by atoms with Crippen LogP contribution in [0.3, 0.4) is 0 Å². The fourth-order valence-corrected chi connectivity index (χ4v) is 2.49. The maximum Gasteiger partial charge on any atom is 0.433 e. The van der Waals surface area contributed by atoms with Gasteiger partial charge in [0, 0.05) is 25.5 Å². The van der Waals surface area contributed by atoms with Crippen LogP contribution in [-0.4, -0.2) is 14.5 Å². The van der Waals surface area contributed by atoms with Crippen LogP contribution in [0.4, 0.5) is 19.0 Å². The summed E-state index contributed by atoms with van der Waals surface area (Å²) >= 11 is 0. The predicted octanol–water partition coefficient (Wildman–Crippen LogP) is 4.27. The van der Waals surface area contributed by atoms with Gasteiger partial charge in [-0.2, -0.15) is 13.2 Å². The molecule has 0 saturated heterocycles. The molecule has 1 aromatic carbocycles. The maximum atomic E-state index is 12.7. The third-order valence-electron chi connectivity index (χ3n) is 3.78. The third-order valence-corrected chi connectivity index (χ3v) is 3.78. The molecule has 0 saturated carbocycles. The normalized spacial score (nSPS) is 11.5. The zero-order valence-electron chi connectivity index (χ0n) is 13.6. The van der Waals surface area contributed by atoms with Crippen molar-refractivity contribution in [2.75, 3.05) is 5.32 Å². The summed E-state index contributed by atoms with van der Waals surface area (Å²) in [6.07, 6.45) is -0.785. The molecule has 0 radical (unpaired) electrons. The minimum atomic E-state index is -4.44. The smallest absolute Gasteiger partial charge is 0.366 e. The van der Waals surface area contributed by atoms with Gasteiger partial charge >= 0.3 is 6.18 Å². The minimum absolute atomic E-state index is 0.200. The summed E-state index contributed by atoms with van der Waals surface area (Å²) in [6, 6.07) is 11.7. The van der Waals surface area contributed by atoms with Crippen molar-refractivity contribution in [2.24, 2.45) is 0 Å². The van der Waals surface area contributed by atoms with Crippen LogP contribution in [0.15, 0.2) is 54.9 Å². The van der Waals surface area contributed by atoms with Gasteiger partial charge in [-0.25, -0.2) is 9.97 Å². The molecule has 0 aliphatic carbocycles. The highest BCUT2D eigenvalue weighted by atomic mass is 19.4. The summed E-state index contributed by atoms with van der Waals surface area (Å²) < 4.78 is 40.1. The number of aromatic nitrogens is 3. The first-order valence-corrected chi connectivity index (χ1v) is 7.75. The van der Waals surface area contributed by atoms with Gasteiger partial charge in [-0.05, 0) is 30.2 Å². The molecule has 3 rings (SSSR count). The number of alkyl halides is 3. The second-order valence-electron chi connectivity index (χ2n) is 5.68. The van der Waals surface area contributed by atoms with Crippen molar-refractivity contribution in [3.8, 4) is 0 Å². The quantitative estimate of drug-likeness (QED) is 0.750. The van der Waals surface area contributed by atoms with Crippen molar-refractivity contribution in [2.45, 2.75) is 26.2 Å². The van der Waals surface area contributed by atoms with Crippen LogP contribution in [0.5, 0.6) is 0 Å². The zero-order valence-corrected chi connectivity index (χ0v) is 13.6. The number of hydrogen-bond donors (Lipinski definition) is 1. The van der Waals surface area contributed by atoms with Crippen molar-refractivity contribution >= 4 is 5.82 Å². The average molecular weight is 346 g/mol. The van der Waals surface area contributed by atoms with E-state index in [1.165, 1.54) is 12.1 Å². The van der Waals surface area contributed by atoms with Crippen molar-refractivity contribution in [1.29, 1.82) is 0 Å². The van der Waals surface area contributed by atoms with E-state index in [1.807, 2.05) is 42.0 Å². The fraction of sp³-hybridized carbons (Fsp3) is 0.222. The van der Waals surface area contributed by atoms with Crippen LogP contribution in [0.1, 0.15) is 22.6 Å². The lowest BCUT2D eigenvalue weighted by Crippen LogP contribution is -2.10. The Morgan fingerprint density at radius 1 is 1.08 bits per heavy atom. The Balaban J connectivity index is 1.68. The number of hydrogen-bond acceptors (Lipinski definition) is 3. The van der Waals surface area contributed by atoms with Gasteiger partial charge in [-0.15, -0.1) is 0 Å². The SMILES string of the molecule is Cc1nccn1Cc1cccc(CNc2cccc(C(F)(F)F)n2)c1. The Hall–Kier alpha value is -2.83. The summed E-state index contributed by atoms with van der Waals surface area (Å²) in [4.78, 5) is 7.80. The van der Waals surface area contributed by atoms with Crippen LogP contribution in [0, 0.1) is 6.92 Å². The summed E-state index contributed by atoms with van der Waals surface area (Å²) in [5.74, 6) is 1.13. The average Bonchev–Trinajstić information content (AvgIpc) is 2.98. The molecule has 0 aliphatic heterocycles. The van der Waals surface area contributed by atoms with E-state index in [-0.39, 0.29) is 5.82 Å². The van der Waals surface area contributed by atoms with Gasteiger partial charge in [0.2, 0.25) is 0 Å². The molecule has 2 heterocycles. The topological polar surface area (TPSA) is 42.7 Å². The van der Waals surface area contributed by atoms with E-state index in [0.717, 1.165) is 23.0 Å². The summed E-state index contributed by atoms with van der Waals surface area (Å²) in [6.45, 7) is 3.03. The Morgan fingerprint density at radius 3 is 2.56 bits per heavy atom. The molecule has 0 atom stereocenters. The van der Waals surface area contributed by atoms with Crippen LogP contribution in [0.25, 0.3) is 0 Å². The Kier molecular flexibility index (Phi) is 4.74. The molecule has 0 spiro atoms. The van der Waals surface area contributed by atoms with Gasteiger partial charge in [0.15, 0.2) is 0 Å². The molecule has 130 valence electrons. The molecule has 3 aromatic rings. The number of rotatable bonds is 5. The highest BCUT2D eigenvalue weighted by molar-refractivity contribution is 5.37. The number of imidazole rings is 1. The molecule has 0 aliphatic rings. The second-order valence-corrected chi connectivity index (χ2v) is 5.68. The lowest BCUT2D eigenvalue weighted by molar-refractivity contribution is -0.141. The molecule has 0 unspecified atom stereocenters. The van der Waals surface area contributed by atoms with Crippen LogP contribution in [-0.2, 0) is 19.3 Å². The Bertz CT molecular complexity index is 855. The first-order valence-electron chi connectivity index (χ1n) is 7.75. The maximum absolute atomic E-state index is 12.7. The Labute approximate surface area is 143 Å². The zero-order chi connectivity index (χ0) is 17.9. The highest BCUT2D eigenvalue weighted by Crippen LogP contribution is 2.28.